The van der Waals surface area contributed by atoms with Crippen molar-refractivity contribution in [1.29, 1.82) is 0 Å². The predicted molar refractivity (Wildman–Crippen MR) is 67.2 cm³/mol. The summed E-state index contributed by atoms with van der Waals surface area (Å²) >= 11 is 6.96. The number of thioether (sulfide) groups is 1. The molecule has 0 radical (unpaired) electrons. The number of thiocarbonyl (C=S) groups is 1. The third-order valence-electron chi connectivity index (χ3n) is 1.97. The van der Waals surface area contributed by atoms with E-state index in [4.69, 9.17) is 12.2 Å². The third kappa shape index (κ3) is 2.16. The molecular weight excluding hydrogens is 210 g/mol. The quantitative estimate of drug-likeness (QED) is 0.732. The van der Waals surface area contributed by atoms with Crippen molar-refractivity contribution >= 4 is 33.9 Å². The van der Waals surface area contributed by atoms with Gasteiger partial charge in [0.25, 0.3) is 0 Å². The molecule has 1 aromatic carbocycles. The van der Waals surface area contributed by atoms with Crippen molar-refractivity contribution in [3.8, 4) is 0 Å². The van der Waals surface area contributed by atoms with Gasteiger partial charge >= 0.3 is 0 Å². The van der Waals surface area contributed by atoms with Gasteiger partial charge < -0.3 is 5.32 Å². The Labute approximate surface area is 93.6 Å². The minimum Gasteiger partial charge on any atom is -0.364 e. The van der Waals surface area contributed by atoms with Crippen molar-refractivity contribution < 1.29 is 0 Å². The van der Waals surface area contributed by atoms with Gasteiger partial charge in [-0.1, -0.05) is 42.5 Å². The SMILES string of the molecule is CC1NC(=S)C=C(c2ccccc2)S1. The maximum atomic E-state index is 5.16. The monoisotopic (exact) mass is 221 g/mol. The lowest BCUT2D eigenvalue weighted by Gasteiger charge is -2.21. The van der Waals surface area contributed by atoms with Crippen LogP contribution >= 0.6 is 24.0 Å². The van der Waals surface area contributed by atoms with E-state index < -0.39 is 0 Å². The summed E-state index contributed by atoms with van der Waals surface area (Å²) in [6.07, 6.45) is 2.02. The van der Waals surface area contributed by atoms with Gasteiger partial charge in [0, 0.05) is 4.91 Å². The molecule has 1 heterocycles. The van der Waals surface area contributed by atoms with Crippen LogP contribution in [0.3, 0.4) is 0 Å². The first-order valence-corrected chi connectivity index (χ1v) is 5.79. The summed E-state index contributed by atoms with van der Waals surface area (Å²) in [5.74, 6) is 0. The Morgan fingerprint density at radius 1 is 1.29 bits per heavy atom. The van der Waals surface area contributed by atoms with Gasteiger partial charge in [-0.2, -0.15) is 0 Å². The van der Waals surface area contributed by atoms with Crippen LogP contribution in [0.5, 0.6) is 0 Å². The molecule has 0 saturated carbocycles. The highest BCUT2D eigenvalue weighted by Crippen LogP contribution is 2.32. The van der Waals surface area contributed by atoms with Gasteiger partial charge in [0.1, 0.15) is 4.99 Å². The van der Waals surface area contributed by atoms with E-state index in [0.717, 1.165) is 4.99 Å². The molecule has 72 valence electrons. The molecule has 0 saturated heterocycles. The topological polar surface area (TPSA) is 12.0 Å². The van der Waals surface area contributed by atoms with Crippen LogP contribution in [0.25, 0.3) is 4.91 Å². The number of benzene rings is 1. The summed E-state index contributed by atoms with van der Waals surface area (Å²) in [7, 11) is 0. The van der Waals surface area contributed by atoms with Crippen molar-refractivity contribution in [2.75, 3.05) is 0 Å². The van der Waals surface area contributed by atoms with E-state index >= 15 is 0 Å². The second-order valence-corrected chi connectivity index (χ2v) is 4.97. The van der Waals surface area contributed by atoms with E-state index in [1.54, 1.807) is 11.8 Å². The molecule has 3 heteroatoms. The zero-order chi connectivity index (χ0) is 9.97. The highest BCUT2D eigenvalue weighted by Gasteiger charge is 2.14. The van der Waals surface area contributed by atoms with Crippen LogP contribution in [-0.4, -0.2) is 10.4 Å². The Morgan fingerprint density at radius 3 is 2.64 bits per heavy atom. The van der Waals surface area contributed by atoms with Crippen molar-refractivity contribution in [2.24, 2.45) is 0 Å². The molecule has 2 rings (SSSR count). The van der Waals surface area contributed by atoms with E-state index in [9.17, 15) is 0 Å². The van der Waals surface area contributed by atoms with Gasteiger partial charge in [-0.05, 0) is 18.6 Å². The van der Waals surface area contributed by atoms with Crippen LogP contribution in [-0.2, 0) is 0 Å². The second kappa shape index (κ2) is 4.15. The maximum absolute atomic E-state index is 5.16. The highest BCUT2D eigenvalue weighted by molar-refractivity contribution is 8.09. The maximum Gasteiger partial charge on any atom is 0.101 e. The first kappa shape index (κ1) is 9.74. The van der Waals surface area contributed by atoms with Gasteiger partial charge in [-0.3, -0.25) is 0 Å². The average Bonchev–Trinajstić information content (AvgIpc) is 2.18. The number of rotatable bonds is 1. The fourth-order valence-electron chi connectivity index (χ4n) is 1.37. The van der Waals surface area contributed by atoms with Crippen LogP contribution in [0.2, 0.25) is 0 Å². The van der Waals surface area contributed by atoms with Crippen LogP contribution in [0.4, 0.5) is 0 Å². The van der Waals surface area contributed by atoms with E-state index in [0.29, 0.717) is 5.37 Å². The molecule has 1 aliphatic rings. The molecular formula is C11H11NS2. The van der Waals surface area contributed by atoms with E-state index in [-0.39, 0.29) is 0 Å². The normalized spacial score (nSPS) is 21.4. The van der Waals surface area contributed by atoms with Crippen LogP contribution in [0.1, 0.15) is 12.5 Å². The number of hydrogen-bond acceptors (Lipinski definition) is 2. The summed E-state index contributed by atoms with van der Waals surface area (Å²) in [5.41, 5.74) is 1.24. The number of hydrogen-bond donors (Lipinski definition) is 1. The first-order chi connectivity index (χ1) is 6.75. The molecule has 0 fully saturated rings. The zero-order valence-corrected chi connectivity index (χ0v) is 9.49. The summed E-state index contributed by atoms with van der Waals surface area (Å²) in [4.78, 5) is 2.08. The number of nitrogens with one attached hydrogen (secondary N) is 1. The summed E-state index contributed by atoms with van der Waals surface area (Å²) in [6, 6.07) is 10.3. The molecule has 14 heavy (non-hydrogen) atoms. The zero-order valence-electron chi connectivity index (χ0n) is 7.86. The van der Waals surface area contributed by atoms with Gasteiger partial charge in [-0.25, -0.2) is 0 Å². The van der Waals surface area contributed by atoms with Crippen molar-refractivity contribution in [1.82, 2.24) is 5.32 Å². The third-order valence-corrected chi connectivity index (χ3v) is 3.28. The molecule has 1 N–H and O–H groups in total. The lowest BCUT2D eigenvalue weighted by Crippen LogP contribution is -2.30. The van der Waals surface area contributed by atoms with Crippen molar-refractivity contribution in [3.05, 3.63) is 42.0 Å². The van der Waals surface area contributed by atoms with Crippen molar-refractivity contribution in [3.63, 3.8) is 0 Å². The lowest BCUT2D eigenvalue weighted by atomic mass is 10.2. The fourth-order valence-corrected chi connectivity index (χ4v) is 2.84. The molecule has 0 bridgehead atoms. The first-order valence-electron chi connectivity index (χ1n) is 4.50. The molecule has 1 nitrogen and oxygen atoms in total. The molecule has 1 atom stereocenters. The van der Waals surface area contributed by atoms with E-state index in [1.165, 1.54) is 10.5 Å². The van der Waals surface area contributed by atoms with Gasteiger partial charge in [-0.15, -0.1) is 11.8 Å². The highest BCUT2D eigenvalue weighted by atomic mass is 32.2. The molecule has 1 aromatic rings. The lowest BCUT2D eigenvalue weighted by molar-refractivity contribution is 0.915. The van der Waals surface area contributed by atoms with Crippen LogP contribution < -0.4 is 5.32 Å². The van der Waals surface area contributed by atoms with Crippen LogP contribution in [0, 0.1) is 0 Å². The molecule has 0 spiro atoms. The van der Waals surface area contributed by atoms with Gasteiger partial charge in [0.2, 0.25) is 0 Å². The minimum absolute atomic E-state index is 0.364. The van der Waals surface area contributed by atoms with Crippen LogP contribution in [0.15, 0.2) is 36.4 Å². The summed E-state index contributed by atoms with van der Waals surface area (Å²) in [6.45, 7) is 2.12. The van der Waals surface area contributed by atoms with Crippen molar-refractivity contribution in [2.45, 2.75) is 12.3 Å². The fraction of sp³-hybridized carbons (Fsp3) is 0.182. The largest absolute Gasteiger partial charge is 0.364 e. The summed E-state index contributed by atoms with van der Waals surface area (Å²) in [5, 5.41) is 3.56. The minimum atomic E-state index is 0.364. The van der Waals surface area contributed by atoms with Gasteiger partial charge in [0.15, 0.2) is 0 Å². The molecule has 0 aliphatic carbocycles. The Morgan fingerprint density at radius 2 is 2.00 bits per heavy atom. The molecule has 0 aromatic heterocycles. The molecule has 1 unspecified atom stereocenters. The Balaban J connectivity index is 2.31. The second-order valence-electron chi connectivity index (χ2n) is 3.14. The molecule has 0 amide bonds. The van der Waals surface area contributed by atoms with E-state index in [1.807, 2.05) is 24.3 Å². The smallest absolute Gasteiger partial charge is 0.101 e. The standard InChI is InChI=1S/C11H11NS2/c1-8-12-11(13)7-10(14-8)9-5-3-2-4-6-9/h2-8H,1H3,(H,12,13). The Hall–Kier alpha value is -0.800. The Kier molecular flexibility index (Phi) is 2.89. The summed E-state index contributed by atoms with van der Waals surface area (Å²) < 4.78 is 0. The predicted octanol–water partition coefficient (Wildman–Crippen LogP) is 3.04. The molecule has 1 aliphatic heterocycles. The van der Waals surface area contributed by atoms with E-state index in [2.05, 4.69) is 24.4 Å². The van der Waals surface area contributed by atoms with Gasteiger partial charge in [0.05, 0.1) is 5.37 Å². The Bertz CT molecular complexity index is 370. The average molecular weight is 221 g/mol.